The van der Waals surface area contributed by atoms with Gasteiger partial charge in [-0.3, -0.25) is 4.52 Å². The lowest BCUT2D eigenvalue weighted by atomic mass is 10.0. The minimum absolute atomic E-state index is 0.0558. The van der Waals surface area contributed by atoms with Crippen LogP contribution in [0.2, 0.25) is 0 Å². The van der Waals surface area contributed by atoms with Crippen molar-refractivity contribution in [1.82, 2.24) is 0 Å². The number of aryl methyl sites for hydroxylation is 1. The number of phosphoric ester groups is 1. The van der Waals surface area contributed by atoms with Crippen molar-refractivity contribution in [3.8, 4) is 5.75 Å². The second-order valence-corrected chi connectivity index (χ2v) is 9.01. The lowest BCUT2D eigenvalue weighted by Gasteiger charge is -2.24. The summed E-state index contributed by atoms with van der Waals surface area (Å²) >= 11 is 0. The standard InChI is InChI=1S/C20H34NO5P/c1-2-3-4-5-6-7-8-17-9-11-18(12-10-17)26-19-13-14-20(21,15-19)16-25-27(22,23)24/h9-12,19H,2-8,13-16,21H2,1H3,(H2,22,23,24). The van der Waals surface area contributed by atoms with E-state index in [1.807, 2.05) is 12.1 Å². The number of benzene rings is 1. The Kier molecular flexibility index (Phi) is 8.77. The maximum Gasteiger partial charge on any atom is 0.469 e. The topological polar surface area (TPSA) is 102 Å². The van der Waals surface area contributed by atoms with E-state index in [1.165, 1.54) is 44.1 Å². The zero-order chi connectivity index (χ0) is 19.8. The normalized spacial score (nSPS) is 22.9. The SMILES string of the molecule is CCCCCCCCc1ccc(OC2CCC(N)(COP(=O)(O)O)C2)cc1. The Bertz CT molecular complexity index is 603. The van der Waals surface area contributed by atoms with Crippen molar-refractivity contribution in [2.45, 2.75) is 82.8 Å². The minimum Gasteiger partial charge on any atom is -0.490 e. The molecule has 1 fully saturated rings. The van der Waals surface area contributed by atoms with Crippen molar-refractivity contribution >= 4 is 7.82 Å². The van der Waals surface area contributed by atoms with Crippen molar-refractivity contribution in [3.05, 3.63) is 29.8 Å². The number of phosphoric acid groups is 1. The number of hydrogen-bond acceptors (Lipinski definition) is 4. The minimum atomic E-state index is -4.49. The van der Waals surface area contributed by atoms with Crippen LogP contribution in [0.5, 0.6) is 5.75 Å². The first-order chi connectivity index (χ1) is 12.8. The highest BCUT2D eigenvalue weighted by Crippen LogP contribution is 2.39. The monoisotopic (exact) mass is 399 g/mol. The number of nitrogens with two attached hydrogens (primary N) is 1. The van der Waals surface area contributed by atoms with Crippen LogP contribution in [0.4, 0.5) is 0 Å². The van der Waals surface area contributed by atoms with Crippen LogP contribution in [-0.2, 0) is 15.5 Å². The molecular weight excluding hydrogens is 365 g/mol. The van der Waals surface area contributed by atoms with Crippen molar-refractivity contribution in [2.24, 2.45) is 5.73 Å². The van der Waals surface area contributed by atoms with Crippen LogP contribution >= 0.6 is 7.82 Å². The van der Waals surface area contributed by atoms with Gasteiger partial charge in [-0.05, 0) is 43.4 Å². The zero-order valence-corrected chi connectivity index (χ0v) is 17.2. The molecule has 1 saturated carbocycles. The van der Waals surface area contributed by atoms with Gasteiger partial charge >= 0.3 is 7.82 Å². The van der Waals surface area contributed by atoms with E-state index in [4.69, 9.17) is 20.3 Å². The Morgan fingerprint density at radius 1 is 1.15 bits per heavy atom. The van der Waals surface area contributed by atoms with E-state index in [0.717, 1.165) is 18.6 Å². The third kappa shape index (κ3) is 8.75. The number of hydrogen-bond donors (Lipinski definition) is 3. The van der Waals surface area contributed by atoms with Crippen LogP contribution in [0.3, 0.4) is 0 Å². The highest BCUT2D eigenvalue weighted by atomic mass is 31.2. The third-order valence-electron chi connectivity index (χ3n) is 5.16. The Labute approximate surface area is 162 Å². The first-order valence-corrected chi connectivity index (χ1v) is 11.6. The first kappa shape index (κ1) is 22.4. The summed E-state index contributed by atoms with van der Waals surface area (Å²) in [6.07, 6.45) is 10.7. The number of unbranched alkanes of at least 4 members (excludes halogenated alkanes) is 5. The molecule has 6 nitrogen and oxygen atoms in total. The number of ether oxygens (including phenoxy) is 1. The van der Waals surface area contributed by atoms with E-state index in [9.17, 15) is 4.57 Å². The highest BCUT2D eigenvalue weighted by Gasteiger charge is 2.38. The van der Waals surface area contributed by atoms with E-state index < -0.39 is 13.4 Å². The molecule has 2 rings (SSSR count). The predicted octanol–water partition coefficient (Wildman–Crippen LogP) is 4.33. The molecular formula is C20H34NO5P. The highest BCUT2D eigenvalue weighted by molar-refractivity contribution is 7.46. The summed E-state index contributed by atoms with van der Waals surface area (Å²) in [5, 5.41) is 0. The largest absolute Gasteiger partial charge is 0.490 e. The molecule has 1 aromatic carbocycles. The van der Waals surface area contributed by atoms with Crippen LogP contribution in [0.1, 0.15) is 70.3 Å². The fourth-order valence-corrected chi connectivity index (χ4v) is 4.01. The van der Waals surface area contributed by atoms with Crippen molar-refractivity contribution in [2.75, 3.05) is 6.61 Å². The van der Waals surface area contributed by atoms with E-state index in [2.05, 4.69) is 23.6 Å². The molecule has 2 atom stereocenters. The van der Waals surface area contributed by atoms with Gasteiger partial charge < -0.3 is 20.3 Å². The summed E-state index contributed by atoms with van der Waals surface area (Å²) in [6.45, 7) is 2.08. The lowest BCUT2D eigenvalue weighted by molar-refractivity contribution is 0.141. The van der Waals surface area contributed by atoms with Gasteiger partial charge in [0.05, 0.1) is 6.61 Å². The molecule has 1 aliphatic carbocycles. The van der Waals surface area contributed by atoms with Gasteiger partial charge in [0.2, 0.25) is 0 Å². The van der Waals surface area contributed by atoms with Gasteiger partial charge in [-0.15, -0.1) is 0 Å². The summed E-state index contributed by atoms with van der Waals surface area (Å²) < 4.78 is 21.4. The maximum absolute atomic E-state index is 10.9. The van der Waals surface area contributed by atoms with Gasteiger partial charge in [0, 0.05) is 12.0 Å². The quantitative estimate of drug-likeness (QED) is 0.357. The molecule has 7 heteroatoms. The van der Waals surface area contributed by atoms with Crippen LogP contribution in [0.15, 0.2) is 24.3 Å². The average Bonchev–Trinajstić information content (AvgIpc) is 2.99. The smallest absolute Gasteiger partial charge is 0.469 e. The summed E-state index contributed by atoms with van der Waals surface area (Å²) in [5.41, 5.74) is 6.76. The molecule has 0 bridgehead atoms. The maximum atomic E-state index is 10.9. The molecule has 0 heterocycles. The van der Waals surface area contributed by atoms with E-state index >= 15 is 0 Å². The molecule has 0 aliphatic heterocycles. The fourth-order valence-electron chi connectivity index (χ4n) is 3.59. The summed E-state index contributed by atoms with van der Waals surface area (Å²) in [7, 11) is -4.49. The molecule has 4 N–H and O–H groups in total. The molecule has 2 unspecified atom stereocenters. The Balaban J connectivity index is 1.71. The van der Waals surface area contributed by atoms with Crippen molar-refractivity contribution in [3.63, 3.8) is 0 Å². The summed E-state index contributed by atoms with van der Waals surface area (Å²) in [5.74, 6) is 0.812. The Hall–Kier alpha value is -0.910. The van der Waals surface area contributed by atoms with E-state index in [1.54, 1.807) is 0 Å². The van der Waals surface area contributed by atoms with E-state index in [-0.39, 0.29) is 12.7 Å². The van der Waals surface area contributed by atoms with Gasteiger partial charge in [0.25, 0.3) is 0 Å². The molecule has 154 valence electrons. The predicted molar refractivity (Wildman–Crippen MR) is 107 cm³/mol. The summed E-state index contributed by atoms with van der Waals surface area (Å²) in [4.78, 5) is 17.7. The zero-order valence-electron chi connectivity index (χ0n) is 16.3. The molecule has 27 heavy (non-hydrogen) atoms. The Morgan fingerprint density at radius 3 is 2.48 bits per heavy atom. The van der Waals surface area contributed by atoms with Crippen molar-refractivity contribution < 1.29 is 23.6 Å². The van der Waals surface area contributed by atoms with Gasteiger partial charge in [0.15, 0.2) is 0 Å². The van der Waals surface area contributed by atoms with Gasteiger partial charge in [-0.2, -0.15) is 0 Å². The molecule has 0 amide bonds. The second-order valence-electron chi connectivity index (χ2n) is 7.77. The molecule has 0 saturated heterocycles. The molecule has 0 radical (unpaired) electrons. The molecule has 1 aliphatic rings. The Morgan fingerprint density at radius 2 is 1.81 bits per heavy atom. The third-order valence-corrected chi connectivity index (χ3v) is 5.63. The first-order valence-electron chi connectivity index (χ1n) is 10.0. The lowest BCUT2D eigenvalue weighted by Crippen LogP contribution is -2.42. The molecule has 0 aromatic heterocycles. The van der Waals surface area contributed by atoms with Crippen LogP contribution < -0.4 is 10.5 Å². The number of rotatable bonds is 12. The van der Waals surface area contributed by atoms with Crippen LogP contribution in [0.25, 0.3) is 0 Å². The van der Waals surface area contributed by atoms with Crippen LogP contribution in [0, 0.1) is 0 Å². The van der Waals surface area contributed by atoms with Crippen LogP contribution in [-0.4, -0.2) is 28.0 Å². The van der Waals surface area contributed by atoms with Gasteiger partial charge in [-0.25, -0.2) is 4.57 Å². The fraction of sp³-hybridized carbons (Fsp3) is 0.700. The van der Waals surface area contributed by atoms with Gasteiger partial charge in [0.1, 0.15) is 11.9 Å². The molecule has 0 spiro atoms. The molecule has 1 aromatic rings. The average molecular weight is 399 g/mol. The van der Waals surface area contributed by atoms with E-state index in [0.29, 0.717) is 12.8 Å². The summed E-state index contributed by atoms with van der Waals surface area (Å²) in [6, 6.07) is 8.22. The van der Waals surface area contributed by atoms with Gasteiger partial charge in [-0.1, -0.05) is 51.2 Å². The second kappa shape index (κ2) is 10.6. The van der Waals surface area contributed by atoms with Crippen molar-refractivity contribution in [1.29, 1.82) is 0 Å².